The highest BCUT2D eigenvalue weighted by Gasteiger charge is 2.38. The fourth-order valence-electron chi connectivity index (χ4n) is 2.17. The standard InChI is InChI=1S/C14H20F3NO4/c1-3-9(18-11(4-2)14(15,16)17)5-8-7-22-10(6-19)13(21)12(8)20/h3-4,8,10,12-13,19-21H,1,5-7H2,2H3/b11-4-,18-9?. The van der Waals surface area contributed by atoms with Gasteiger partial charge in [0.15, 0.2) is 0 Å². The number of hydrogen-bond acceptors (Lipinski definition) is 5. The molecular weight excluding hydrogens is 303 g/mol. The number of alkyl halides is 3. The Balaban J connectivity index is 2.85. The lowest BCUT2D eigenvalue weighted by Gasteiger charge is -2.37. The smallest absolute Gasteiger partial charge is 0.394 e. The van der Waals surface area contributed by atoms with Crippen molar-refractivity contribution in [2.45, 2.75) is 37.8 Å². The van der Waals surface area contributed by atoms with Gasteiger partial charge in [-0.2, -0.15) is 13.2 Å². The maximum Gasteiger partial charge on any atom is 0.433 e. The molecule has 1 rings (SSSR count). The first-order valence-electron chi connectivity index (χ1n) is 6.76. The average molecular weight is 323 g/mol. The van der Waals surface area contributed by atoms with Gasteiger partial charge in [0.1, 0.15) is 17.9 Å². The highest BCUT2D eigenvalue weighted by Crippen LogP contribution is 2.28. The topological polar surface area (TPSA) is 82.3 Å². The van der Waals surface area contributed by atoms with Crippen LogP contribution in [0.25, 0.3) is 0 Å². The Morgan fingerprint density at radius 2 is 2.00 bits per heavy atom. The summed E-state index contributed by atoms with van der Waals surface area (Å²) < 4.78 is 43.2. The molecule has 4 atom stereocenters. The van der Waals surface area contributed by atoms with E-state index in [4.69, 9.17) is 9.84 Å². The minimum Gasteiger partial charge on any atom is -0.394 e. The summed E-state index contributed by atoms with van der Waals surface area (Å²) in [6, 6.07) is 0. The van der Waals surface area contributed by atoms with Crippen molar-refractivity contribution in [1.82, 2.24) is 0 Å². The van der Waals surface area contributed by atoms with Crippen LogP contribution >= 0.6 is 0 Å². The van der Waals surface area contributed by atoms with Crippen LogP contribution in [0.3, 0.4) is 0 Å². The lowest BCUT2D eigenvalue weighted by molar-refractivity contribution is -0.172. The Morgan fingerprint density at radius 3 is 2.45 bits per heavy atom. The molecule has 3 N–H and O–H groups in total. The molecule has 126 valence electrons. The minimum absolute atomic E-state index is 0.00644. The van der Waals surface area contributed by atoms with Gasteiger partial charge in [0.2, 0.25) is 0 Å². The van der Waals surface area contributed by atoms with Crippen molar-refractivity contribution in [3.63, 3.8) is 0 Å². The molecule has 1 saturated heterocycles. The van der Waals surface area contributed by atoms with Crippen LogP contribution in [0.2, 0.25) is 0 Å². The fourth-order valence-corrected chi connectivity index (χ4v) is 2.17. The van der Waals surface area contributed by atoms with Crippen molar-refractivity contribution >= 4 is 5.71 Å². The molecule has 22 heavy (non-hydrogen) atoms. The molecule has 8 heteroatoms. The second kappa shape index (κ2) is 7.87. The third-order valence-electron chi connectivity index (χ3n) is 3.45. The largest absolute Gasteiger partial charge is 0.433 e. The molecule has 0 aromatic rings. The van der Waals surface area contributed by atoms with Crippen molar-refractivity contribution in [2.75, 3.05) is 13.2 Å². The number of aliphatic imine (C=N–C) groups is 1. The number of aliphatic hydroxyl groups excluding tert-OH is 3. The van der Waals surface area contributed by atoms with Crippen molar-refractivity contribution in [3.05, 3.63) is 24.4 Å². The predicted octanol–water partition coefficient (Wildman–Crippen LogP) is 1.20. The van der Waals surface area contributed by atoms with E-state index in [0.717, 1.165) is 6.08 Å². The third-order valence-corrected chi connectivity index (χ3v) is 3.45. The van der Waals surface area contributed by atoms with Gasteiger partial charge < -0.3 is 20.1 Å². The van der Waals surface area contributed by atoms with E-state index in [1.807, 2.05) is 0 Å². The summed E-state index contributed by atoms with van der Waals surface area (Å²) in [7, 11) is 0. The van der Waals surface area contributed by atoms with Crippen LogP contribution in [0.15, 0.2) is 29.4 Å². The van der Waals surface area contributed by atoms with Gasteiger partial charge in [-0.25, -0.2) is 4.99 Å². The zero-order valence-corrected chi connectivity index (χ0v) is 12.1. The molecule has 5 nitrogen and oxygen atoms in total. The molecule has 4 unspecified atom stereocenters. The van der Waals surface area contributed by atoms with Gasteiger partial charge in [-0.05, 0) is 19.4 Å². The number of ether oxygens (including phenoxy) is 1. The SMILES string of the molecule is C=CC(CC1COC(CO)C(O)C1O)=N/C(=C\C)C(F)(F)F. The highest BCUT2D eigenvalue weighted by atomic mass is 19.4. The number of rotatable bonds is 5. The molecule has 0 bridgehead atoms. The van der Waals surface area contributed by atoms with Crippen LogP contribution < -0.4 is 0 Å². The van der Waals surface area contributed by atoms with Gasteiger partial charge >= 0.3 is 6.18 Å². The van der Waals surface area contributed by atoms with Crippen LogP contribution in [0.4, 0.5) is 13.2 Å². The van der Waals surface area contributed by atoms with E-state index in [9.17, 15) is 23.4 Å². The highest BCUT2D eigenvalue weighted by molar-refractivity contribution is 5.95. The van der Waals surface area contributed by atoms with Gasteiger partial charge in [-0.3, -0.25) is 0 Å². The Hall–Kier alpha value is -1.22. The number of halogens is 3. The minimum atomic E-state index is -4.58. The van der Waals surface area contributed by atoms with Gasteiger partial charge in [0.05, 0.1) is 19.3 Å². The molecule has 1 heterocycles. The maximum absolute atomic E-state index is 12.7. The zero-order chi connectivity index (χ0) is 16.9. The first kappa shape index (κ1) is 18.8. The summed E-state index contributed by atoms with van der Waals surface area (Å²) in [6.45, 7) is 4.18. The normalized spacial score (nSPS) is 31.2. The monoisotopic (exact) mass is 323 g/mol. The Kier molecular flexibility index (Phi) is 6.73. The molecule has 0 amide bonds. The van der Waals surface area contributed by atoms with Gasteiger partial charge in [-0.1, -0.05) is 12.7 Å². The quantitative estimate of drug-likeness (QED) is 0.664. The molecule has 0 aromatic carbocycles. The summed E-state index contributed by atoms with van der Waals surface area (Å²) in [5.41, 5.74) is -1.02. The van der Waals surface area contributed by atoms with Crippen molar-refractivity contribution in [3.8, 4) is 0 Å². The van der Waals surface area contributed by atoms with E-state index in [2.05, 4.69) is 11.6 Å². The molecule has 0 aromatic heterocycles. The summed E-state index contributed by atoms with van der Waals surface area (Å²) >= 11 is 0. The molecule has 0 radical (unpaired) electrons. The second-order valence-corrected chi connectivity index (χ2v) is 4.98. The molecule has 1 aliphatic rings. The Bertz CT molecular complexity index is 448. The van der Waals surface area contributed by atoms with E-state index in [-0.39, 0.29) is 18.7 Å². The van der Waals surface area contributed by atoms with E-state index in [1.165, 1.54) is 13.0 Å². The summed E-state index contributed by atoms with van der Waals surface area (Å²) in [6.07, 6.45) is -6.04. The first-order chi connectivity index (χ1) is 10.2. The summed E-state index contributed by atoms with van der Waals surface area (Å²) in [4.78, 5) is 3.51. The molecule has 1 fully saturated rings. The van der Waals surface area contributed by atoms with Crippen LogP contribution in [0.5, 0.6) is 0 Å². The van der Waals surface area contributed by atoms with E-state index in [1.54, 1.807) is 0 Å². The fraction of sp³-hybridized carbons (Fsp3) is 0.643. The molecule has 0 saturated carbocycles. The van der Waals surface area contributed by atoms with Crippen molar-refractivity contribution in [1.29, 1.82) is 0 Å². The van der Waals surface area contributed by atoms with Crippen LogP contribution in [0.1, 0.15) is 13.3 Å². The van der Waals surface area contributed by atoms with Crippen molar-refractivity contribution in [2.24, 2.45) is 10.9 Å². The third kappa shape index (κ3) is 4.64. The number of allylic oxidation sites excluding steroid dienone is 3. The molecule has 0 spiro atoms. The van der Waals surface area contributed by atoms with Crippen molar-refractivity contribution < 1.29 is 33.2 Å². The second-order valence-electron chi connectivity index (χ2n) is 4.98. The zero-order valence-electron chi connectivity index (χ0n) is 12.1. The predicted molar refractivity (Wildman–Crippen MR) is 74.4 cm³/mol. The molecular formula is C14H20F3NO4. The maximum atomic E-state index is 12.7. The summed E-state index contributed by atoms with van der Waals surface area (Å²) in [5.74, 6) is -0.638. The lowest BCUT2D eigenvalue weighted by Crippen LogP contribution is -2.51. The van der Waals surface area contributed by atoms with Gasteiger partial charge in [0, 0.05) is 11.6 Å². The van der Waals surface area contributed by atoms with Crippen LogP contribution in [0, 0.1) is 5.92 Å². The van der Waals surface area contributed by atoms with Crippen LogP contribution in [-0.4, -0.2) is 58.7 Å². The Morgan fingerprint density at radius 1 is 1.36 bits per heavy atom. The lowest BCUT2D eigenvalue weighted by atomic mass is 9.88. The first-order valence-corrected chi connectivity index (χ1v) is 6.76. The van der Waals surface area contributed by atoms with Crippen LogP contribution in [-0.2, 0) is 4.74 Å². The number of nitrogens with zero attached hydrogens (tertiary/aromatic N) is 1. The molecule has 0 aliphatic carbocycles. The van der Waals surface area contributed by atoms with E-state index in [0.29, 0.717) is 0 Å². The average Bonchev–Trinajstić information content (AvgIpc) is 2.46. The van der Waals surface area contributed by atoms with Gasteiger partial charge in [-0.15, -0.1) is 0 Å². The van der Waals surface area contributed by atoms with Gasteiger partial charge in [0.25, 0.3) is 0 Å². The molecule has 1 aliphatic heterocycles. The van der Waals surface area contributed by atoms with E-state index >= 15 is 0 Å². The summed E-state index contributed by atoms with van der Waals surface area (Å²) in [5, 5.41) is 28.7. The number of aliphatic hydroxyl groups is 3. The number of hydrogen-bond donors (Lipinski definition) is 3. The van der Waals surface area contributed by atoms with E-state index < -0.39 is 42.7 Å². The Labute approximate surface area is 126 Å².